The fourth-order valence-corrected chi connectivity index (χ4v) is 2.80. The second-order valence-corrected chi connectivity index (χ2v) is 5.98. The number of hydrogen-bond donors (Lipinski definition) is 2. The van der Waals surface area contributed by atoms with E-state index in [9.17, 15) is 27.2 Å². The largest absolute Gasteiger partial charge is 0.398 e. The lowest BCUT2D eigenvalue weighted by atomic mass is 10.0. The van der Waals surface area contributed by atoms with Crippen LogP contribution in [0.1, 0.15) is 17.2 Å². The Morgan fingerprint density at radius 1 is 1.30 bits per heavy atom. The summed E-state index contributed by atoms with van der Waals surface area (Å²) >= 11 is 0.512. The summed E-state index contributed by atoms with van der Waals surface area (Å²) in [5.41, 5.74) is 2.70. The Bertz CT molecular complexity index is 651. The molecule has 1 fully saturated rings. The van der Waals surface area contributed by atoms with Gasteiger partial charge in [0.2, 0.25) is 0 Å². The number of carbonyl (C=O) groups excluding carboxylic acids is 2. The van der Waals surface area contributed by atoms with Crippen LogP contribution in [0.3, 0.4) is 0 Å². The van der Waals surface area contributed by atoms with Gasteiger partial charge in [-0.15, -0.1) is 11.8 Å². The maximum Gasteiger partial charge on any atom is 0.398 e. The van der Waals surface area contributed by atoms with Crippen LogP contribution >= 0.6 is 11.8 Å². The van der Waals surface area contributed by atoms with Crippen molar-refractivity contribution in [3.8, 4) is 0 Å². The van der Waals surface area contributed by atoms with E-state index in [1.165, 1.54) is 20.0 Å². The van der Waals surface area contributed by atoms with Crippen LogP contribution in [0.25, 0.3) is 0 Å². The highest BCUT2D eigenvalue weighted by molar-refractivity contribution is 7.99. The molecule has 1 unspecified atom stereocenters. The van der Waals surface area contributed by atoms with Crippen LogP contribution in [0.15, 0.2) is 17.0 Å². The minimum atomic E-state index is -4.36. The highest BCUT2D eigenvalue weighted by Gasteiger charge is 2.33. The lowest BCUT2D eigenvalue weighted by Gasteiger charge is -2.31. The summed E-state index contributed by atoms with van der Waals surface area (Å²) in [6.07, 6.45) is -4.36. The Morgan fingerprint density at radius 3 is 2.57 bits per heavy atom. The second kappa shape index (κ2) is 6.36. The molecule has 0 saturated carbocycles. The van der Waals surface area contributed by atoms with Crippen molar-refractivity contribution >= 4 is 23.7 Å². The topological polar surface area (TPSA) is 61.4 Å². The molecule has 2 rings (SSSR count). The van der Waals surface area contributed by atoms with Gasteiger partial charge < -0.3 is 0 Å². The number of carbonyl (C=O) groups is 2. The third-order valence-electron chi connectivity index (χ3n) is 3.12. The molecule has 5 nitrogen and oxygen atoms in total. The summed E-state index contributed by atoms with van der Waals surface area (Å²) in [5, 5.41) is 2.99. The number of alkyl halides is 3. The van der Waals surface area contributed by atoms with Crippen LogP contribution in [0, 0.1) is 12.7 Å². The fraction of sp³-hybridized carbons (Fsp3) is 0.385. The molecular weight excluding hydrogens is 338 g/mol. The SMILES string of the molecule is Cc1cc(F)c(C2NN(C)C(=O)NC2=O)cc1SCC(F)(F)F. The molecule has 0 bridgehead atoms. The van der Waals surface area contributed by atoms with Gasteiger partial charge in [0.1, 0.15) is 11.9 Å². The van der Waals surface area contributed by atoms with Gasteiger partial charge in [0.15, 0.2) is 0 Å². The molecule has 1 saturated heterocycles. The van der Waals surface area contributed by atoms with E-state index in [0.29, 0.717) is 17.3 Å². The van der Waals surface area contributed by atoms with Gasteiger partial charge in [-0.2, -0.15) is 13.2 Å². The number of urea groups is 1. The third kappa shape index (κ3) is 4.14. The lowest BCUT2D eigenvalue weighted by molar-refractivity contribution is -0.125. The summed E-state index contributed by atoms with van der Waals surface area (Å²) < 4.78 is 51.2. The summed E-state index contributed by atoms with van der Waals surface area (Å²) in [7, 11) is 1.33. The smallest absolute Gasteiger partial charge is 0.275 e. The maximum atomic E-state index is 14.1. The Kier molecular flexibility index (Phi) is 4.85. The number of nitrogens with one attached hydrogen (secondary N) is 2. The Hall–Kier alpha value is -1.81. The van der Waals surface area contributed by atoms with Crippen LogP contribution in [0.4, 0.5) is 22.4 Å². The molecule has 1 aliphatic rings. The number of hydrazine groups is 1. The number of hydrogen-bond acceptors (Lipinski definition) is 4. The lowest BCUT2D eigenvalue weighted by Crippen LogP contribution is -2.58. The first-order valence-electron chi connectivity index (χ1n) is 6.43. The van der Waals surface area contributed by atoms with E-state index < -0.39 is 35.7 Å². The first kappa shape index (κ1) is 17.5. The van der Waals surface area contributed by atoms with E-state index in [2.05, 4.69) is 5.43 Å². The Labute approximate surface area is 133 Å². The number of benzene rings is 1. The van der Waals surface area contributed by atoms with Crippen LogP contribution in [-0.4, -0.2) is 35.9 Å². The average Bonchev–Trinajstić information content (AvgIpc) is 2.41. The minimum absolute atomic E-state index is 0.128. The van der Waals surface area contributed by atoms with Crippen molar-refractivity contribution in [2.45, 2.75) is 24.0 Å². The standard InChI is InChI=1S/C13H13F4N3O2S/c1-6-3-8(14)7(4-9(6)23-5-13(15,16)17)10-11(21)18-12(22)20(2)19-10/h3-4,10,19H,5H2,1-2H3,(H,18,21,22). The van der Waals surface area contributed by atoms with Gasteiger partial charge in [-0.3, -0.25) is 15.1 Å². The first-order valence-corrected chi connectivity index (χ1v) is 7.41. The average molecular weight is 351 g/mol. The van der Waals surface area contributed by atoms with Gasteiger partial charge in [0.05, 0.1) is 5.75 Å². The maximum absolute atomic E-state index is 14.1. The zero-order chi connectivity index (χ0) is 17.4. The summed E-state index contributed by atoms with van der Waals surface area (Å²) in [6.45, 7) is 1.48. The quantitative estimate of drug-likeness (QED) is 0.649. The van der Waals surface area contributed by atoms with Crippen molar-refractivity contribution in [3.05, 3.63) is 29.1 Å². The van der Waals surface area contributed by atoms with Gasteiger partial charge in [-0.25, -0.2) is 14.6 Å². The Morgan fingerprint density at radius 2 is 1.96 bits per heavy atom. The number of amides is 3. The predicted octanol–water partition coefficient (Wildman–Crippen LogP) is 2.52. The van der Waals surface area contributed by atoms with Gasteiger partial charge in [-0.05, 0) is 24.6 Å². The highest BCUT2D eigenvalue weighted by atomic mass is 32.2. The molecule has 1 aromatic carbocycles. The van der Waals surface area contributed by atoms with Crippen LogP contribution in [0.2, 0.25) is 0 Å². The van der Waals surface area contributed by atoms with Gasteiger partial charge >= 0.3 is 12.2 Å². The zero-order valence-corrected chi connectivity index (χ0v) is 12.9. The van der Waals surface area contributed by atoms with E-state index in [1.54, 1.807) is 0 Å². The highest BCUT2D eigenvalue weighted by Crippen LogP contribution is 2.33. The van der Waals surface area contributed by atoms with Crippen molar-refractivity contribution in [3.63, 3.8) is 0 Å². The molecule has 0 aromatic heterocycles. The van der Waals surface area contributed by atoms with E-state index in [-0.39, 0.29) is 10.5 Å². The van der Waals surface area contributed by atoms with E-state index in [0.717, 1.165) is 11.1 Å². The van der Waals surface area contributed by atoms with Gasteiger partial charge in [-0.1, -0.05) is 0 Å². The molecule has 2 N–H and O–H groups in total. The molecule has 23 heavy (non-hydrogen) atoms. The molecule has 0 aliphatic carbocycles. The Balaban J connectivity index is 2.31. The van der Waals surface area contributed by atoms with Gasteiger partial charge in [0, 0.05) is 17.5 Å². The molecule has 1 heterocycles. The summed E-state index contributed by atoms with van der Waals surface area (Å²) in [6, 6.07) is 0.357. The van der Waals surface area contributed by atoms with E-state index in [4.69, 9.17) is 0 Å². The van der Waals surface area contributed by atoms with Crippen molar-refractivity contribution in [1.82, 2.24) is 15.8 Å². The molecule has 1 atom stereocenters. The van der Waals surface area contributed by atoms with Crippen molar-refractivity contribution < 1.29 is 27.2 Å². The zero-order valence-electron chi connectivity index (χ0n) is 12.1. The first-order chi connectivity index (χ1) is 10.6. The van der Waals surface area contributed by atoms with Crippen LogP contribution < -0.4 is 10.7 Å². The molecule has 126 valence electrons. The van der Waals surface area contributed by atoms with Crippen molar-refractivity contribution in [1.29, 1.82) is 0 Å². The van der Waals surface area contributed by atoms with Gasteiger partial charge in [0.25, 0.3) is 5.91 Å². The number of nitrogens with zero attached hydrogens (tertiary/aromatic N) is 1. The number of aryl methyl sites for hydroxylation is 1. The summed E-state index contributed by atoms with van der Waals surface area (Å²) in [5.74, 6) is -2.64. The minimum Gasteiger partial charge on any atom is -0.275 e. The molecule has 10 heteroatoms. The third-order valence-corrected chi connectivity index (χ3v) is 4.34. The normalized spacial score (nSPS) is 19.0. The molecule has 0 spiro atoms. The number of thioether (sulfide) groups is 1. The monoisotopic (exact) mass is 351 g/mol. The molecule has 0 radical (unpaired) electrons. The van der Waals surface area contributed by atoms with Crippen LogP contribution in [0.5, 0.6) is 0 Å². The van der Waals surface area contributed by atoms with E-state index >= 15 is 0 Å². The predicted molar refractivity (Wildman–Crippen MR) is 75.1 cm³/mol. The van der Waals surface area contributed by atoms with Crippen molar-refractivity contribution in [2.75, 3.05) is 12.8 Å². The number of rotatable bonds is 3. The molecule has 1 aliphatic heterocycles. The molecule has 1 aromatic rings. The second-order valence-electron chi connectivity index (χ2n) is 4.96. The summed E-state index contributed by atoms with van der Waals surface area (Å²) in [4.78, 5) is 23.4. The fourth-order valence-electron chi connectivity index (χ4n) is 1.99. The van der Waals surface area contributed by atoms with E-state index in [1.807, 2.05) is 5.32 Å². The van der Waals surface area contributed by atoms with Crippen molar-refractivity contribution in [2.24, 2.45) is 0 Å². The number of halogens is 4. The number of imide groups is 1. The van der Waals surface area contributed by atoms with Crippen LogP contribution in [-0.2, 0) is 4.79 Å². The molecular formula is C13H13F4N3O2S. The molecule has 3 amide bonds.